The number of thiophene rings is 1. The lowest BCUT2D eigenvalue weighted by Gasteiger charge is -2.21. The van der Waals surface area contributed by atoms with Crippen LogP contribution < -0.4 is 5.32 Å². The molecule has 1 aliphatic heterocycles. The van der Waals surface area contributed by atoms with Crippen LogP contribution in [0.4, 0.5) is 0 Å². The predicted molar refractivity (Wildman–Crippen MR) is 68.5 cm³/mol. The molecule has 1 aliphatic rings. The molecule has 0 saturated carbocycles. The lowest BCUT2D eigenvalue weighted by Crippen LogP contribution is -2.31. The van der Waals surface area contributed by atoms with Gasteiger partial charge in [-0.1, -0.05) is 0 Å². The average Bonchev–Trinajstić information content (AvgIpc) is 2.75. The fourth-order valence-electron chi connectivity index (χ4n) is 1.75. The molecule has 1 aromatic rings. The Morgan fingerprint density at radius 3 is 3.12 bits per heavy atom. The van der Waals surface area contributed by atoms with E-state index in [-0.39, 0.29) is 24.1 Å². The number of aryl methyl sites for hydroxylation is 1. The lowest BCUT2D eigenvalue weighted by atomic mass is 10.1. The molecule has 2 heterocycles. The van der Waals surface area contributed by atoms with Crippen molar-refractivity contribution in [1.29, 1.82) is 0 Å². The first-order valence-electron chi connectivity index (χ1n) is 5.36. The van der Waals surface area contributed by atoms with Crippen molar-refractivity contribution in [3.63, 3.8) is 0 Å². The third kappa shape index (κ3) is 3.01. The molecule has 0 saturated heterocycles. The van der Waals surface area contributed by atoms with Crippen molar-refractivity contribution in [1.82, 2.24) is 5.32 Å². The van der Waals surface area contributed by atoms with E-state index in [0.29, 0.717) is 0 Å². The van der Waals surface area contributed by atoms with Crippen molar-refractivity contribution in [3.8, 4) is 0 Å². The van der Waals surface area contributed by atoms with E-state index in [9.17, 15) is 9.59 Å². The van der Waals surface area contributed by atoms with Crippen LogP contribution in [0.15, 0.2) is 11.4 Å². The minimum atomic E-state index is -0.891. The first-order valence-corrected chi connectivity index (χ1v) is 7.28. The minimum Gasteiger partial charge on any atom is -0.481 e. The number of carboxylic acid groups (broad SMARTS) is 1. The zero-order valence-electron chi connectivity index (χ0n) is 9.14. The Balaban J connectivity index is 1.95. The highest BCUT2D eigenvalue weighted by Crippen LogP contribution is 2.39. The molecular formula is C11H13NO3S2. The Labute approximate surface area is 107 Å². The molecule has 0 aromatic carbocycles. The highest BCUT2D eigenvalue weighted by Gasteiger charge is 2.27. The summed E-state index contributed by atoms with van der Waals surface area (Å²) in [6.07, 6.45) is 0.996. The summed E-state index contributed by atoms with van der Waals surface area (Å²) in [6, 6.07) is 1.99. The van der Waals surface area contributed by atoms with E-state index in [1.807, 2.05) is 11.4 Å². The Morgan fingerprint density at radius 2 is 2.35 bits per heavy atom. The van der Waals surface area contributed by atoms with E-state index in [2.05, 4.69) is 5.32 Å². The second kappa shape index (κ2) is 5.55. The Bertz CT molecular complexity index is 430. The van der Waals surface area contributed by atoms with Crippen molar-refractivity contribution in [2.45, 2.75) is 18.1 Å². The van der Waals surface area contributed by atoms with Gasteiger partial charge in [-0.25, -0.2) is 0 Å². The molecule has 92 valence electrons. The van der Waals surface area contributed by atoms with E-state index >= 15 is 0 Å². The number of hydrogen-bond acceptors (Lipinski definition) is 4. The molecule has 0 radical (unpaired) electrons. The Kier molecular flexibility index (Phi) is 4.06. The van der Waals surface area contributed by atoms with E-state index in [1.54, 1.807) is 23.1 Å². The summed E-state index contributed by atoms with van der Waals surface area (Å²) in [7, 11) is 0. The van der Waals surface area contributed by atoms with Crippen molar-refractivity contribution in [2.75, 3.05) is 12.3 Å². The standard InChI is InChI=1S/C11H13NO3S2/c13-9(14)1-4-12-11(15)10-7-2-5-16-8(7)3-6-17-10/h2,5,10H,1,3-4,6H2,(H,12,15)(H,13,14)/t10-/m0/s1. The van der Waals surface area contributed by atoms with Gasteiger partial charge in [0.1, 0.15) is 5.25 Å². The number of carbonyl (C=O) groups is 2. The van der Waals surface area contributed by atoms with Crippen LogP contribution in [0.2, 0.25) is 0 Å². The Morgan fingerprint density at radius 1 is 1.53 bits per heavy atom. The highest BCUT2D eigenvalue weighted by molar-refractivity contribution is 8.00. The number of aliphatic carboxylic acids is 1. The topological polar surface area (TPSA) is 66.4 Å². The van der Waals surface area contributed by atoms with Gasteiger partial charge in [0.25, 0.3) is 0 Å². The molecule has 17 heavy (non-hydrogen) atoms. The van der Waals surface area contributed by atoms with Crippen LogP contribution in [0, 0.1) is 0 Å². The zero-order valence-corrected chi connectivity index (χ0v) is 10.8. The average molecular weight is 271 g/mol. The fraction of sp³-hybridized carbons (Fsp3) is 0.455. The van der Waals surface area contributed by atoms with Crippen LogP contribution >= 0.6 is 23.1 Å². The summed E-state index contributed by atoms with van der Waals surface area (Å²) in [5.41, 5.74) is 1.10. The number of carbonyl (C=O) groups excluding carboxylic acids is 1. The van der Waals surface area contributed by atoms with Crippen LogP contribution in [0.1, 0.15) is 22.1 Å². The van der Waals surface area contributed by atoms with Crippen molar-refractivity contribution >= 4 is 35.0 Å². The molecule has 2 N–H and O–H groups in total. The summed E-state index contributed by atoms with van der Waals surface area (Å²) in [5, 5.41) is 13.0. The van der Waals surface area contributed by atoms with E-state index in [1.165, 1.54) is 4.88 Å². The summed E-state index contributed by atoms with van der Waals surface area (Å²) in [4.78, 5) is 23.6. The first-order chi connectivity index (χ1) is 8.18. The van der Waals surface area contributed by atoms with Gasteiger partial charge in [0.2, 0.25) is 5.91 Å². The maximum atomic E-state index is 11.9. The predicted octanol–water partition coefficient (Wildman–Crippen LogP) is 1.67. The Hall–Kier alpha value is -1.01. The van der Waals surface area contributed by atoms with Crippen LogP contribution in [-0.2, 0) is 16.0 Å². The van der Waals surface area contributed by atoms with Gasteiger partial charge in [-0.3, -0.25) is 9.59 Å². The van der Waals surface area contributed by atoms with Crippen molar-refractivity contribution < 1.29 is 14.7 Å². The minimum absolute atomic E-state index is 0.0282. The summed E-state index contributed by atoms with van der Waals surface area (Å²) < 4.78 is 0. The smallest absolute Gasteiger partial charge is 0.305 e. The number of nitrogens with one attached hydrogen (secondary N) is 1. The summed E-state index contributed by atoms with van der Waals surface area (Å²) in [5.74, 6) is -0.0155. The molecule has 0 unspecified atom stereocenters. The van der Waals surface area contributed by atoms with Gasteiger partial charge >= 0.3 is 5.97 Å². The fourth-order valence-corrected chi connectivity index (χ4v) is 4.07. The van der Waals surface area contributed by atoms with Gasteiger partial charge in [-0.2, -0.15) is 0 Å². The zero-order chi connectivity index (χ0) is 12.3. The molecule has 0 aliphatic carbocycles. The van der Waals surface area contributed by atoms with Crippen LogP contribution in [0.25, 0.3) is 0 Å². The third-order valence-corrected chi connectivity index (χ3v) is 4.79. The molecule has 0 bridgehead atoms. The number of hydrogen-bond donors (Lipinski definition) is 2. The third-order valence-electron chi connectivity index (χ3n) is 2.55. The normalized spacial score (nSPS) is 18.5. The molecule has 0 fully saturated rings. The van der Waals surface area contributed by atoms with Gasteiger partial charge in [0.05, 0.1) is 6.42 Å². The van der Waals surface area contributed by atoms with Gasteiger partial charge in [0.15, 0.2) is 0 Å². The highest BCUT2D eigenvalue weighted by atomic mass is 32.2. The second-order valence-electron chi connectivity index (χ2n) is 3.73. The largest absolute Gasteiger partial charge is 0.481 e. The number of fused-ring (bicyclic) bond motifs is 1. The maximum absolute atomic E-state index is 11.9. The van der Waals surface area contributed by atoms with Gasteiger partial charge in [-0.15, -0.1) is 23.1 Å². The van der Waals surface area contributed by atoms with Gasteiger partial charge < -0.3 is 10.4 Å². The van der Waals surface area contributed by atoms with Crippen LogP contribution in [-0.4, -0.2) is 29.3 Å². The number of rotatable bonds is 4. The van der Waals surface area contributed by atoms with Crippen LogP contribution in [0.5, 0.6) is 0 Å². The van der Waals surface area contributed by atoms with Crippen molar-refractivity contribution in [3.05, 3.63) is 21.9 Å². The van der Waals surface area contributed by atoms with E-state index < -0.39 is 5.97 Å². The van der Waals surface area contributed by atoms with E-state index in [0.717, 1.165) is 17.7 Å². The lowest BCUT2D eigenvalue weighted by molar-refractivity contribution is -0.136. The van der Waals surface area contributed by atoms with Gasteiger partial charge in [0, 0.05) is 11.4 Å². The molecule has 6 heteroatoms. The molecule has 2 rings (SSSR count). The second-order valence-corrected chi connectivity index (χ2v) is 5.95. The molecule has 4 nitrogen and oxygen atoms in total. The quantitative estimate of drug-likeness (QED) is 0.874. The molecule has 1 amide bonds. The number of amides is 1. The molecule has 1 aromatic heterocycles. The molecule has 0 spiro atoms. The molecule has 1 atom stereocenters. The first kappa shape index (κ1) is 12.4. The van der Waals surface area contributed by atoms with Crippen molar-refractivity contribution in [2.24, 2.45) is 0 Å². The van der Waals surface area contributed by atoms with E-state index in [4.69, 9.17) is 5.11 Å². The monoisotopic (exact) mass is 271 g/mol. The summed E-state index contributed by atoms with van der Waals surface area (Å²) >= 11 is 3.31. The maximum Gasteiger partial charge on any atom is 0.305 e. The summed E-state index contributed by atoms with van der Waals surface area (Å²) in [6.45, 7) is 0.199. The molecular weight excluding hydrogens is 258 g/mol. The van der Waals surface area contributed by atoms with Crippen LogP contribution in [0.3, 0.4) is 0 Å². The SMILES string of the molecule is O=C(O)CCNC(=O)[C@H]1SCCc2sccc21. The number of thioether (sulfide) groups is 1. The van der Waals surface area contributed by atoms with Gasteiger partial charge in [-0.05, 0) is 29.2 Å². The number of carboxylic acids is 1.